The number of aromatic hydroxyl groups is 1. The van der Waals surface area contributed by atoms with Gasteiger partial charge < -0.3 is 20.7 Å². The van der Waals surface area contributed by atoms with Crippen LogP contribution in [0.3, 0.4) is 0 Å². The zero-order valence-electron chi connectivity index (χ0n) is 24.3. The Hall–Kier alpha value is -3.15. The highest BCUT2D eigenvalue weighted by Crippen LogP contribution is 2.52. The van der Waals surface area contributed by atoms with Crippen LogP contribution in [0.15, 0.2) is 6.07 Å². The van der Waals surface area contributed by atoms with Crippen LogP contribution in [0.1, 0.15) is 53.6 Å². The van der Waals surface area contributed by atoms with Crippen LogP contribution in [-0.4, -0.2) is 95.0 Å². The molecule has 1 amide bonds. The summed E-state index contributed by atoms with van der Waals surface area (Å²) in [5.74, 6) is -8.67. The number of hydrogen-bond acceptors (Lipinski definition) is 10. The van der Waals surface area contributed by atoms with Gasteiger partial charge in [-0.1, -0.05) is 12.8 Å². The van der Waals surface area contributed by atoms with E-state index in [2.05, 4.69) is 4.90 Å². The fourth-order valence-corrected chi connectivity index (χ4v) is 8.96. The Bertz CT molecular complexity index is 1380. The number of benzene rings is 1. The minimum absolute atomic E-state index is 0.00746. The zero-order chi connectivity index (χ0) is 30.2. The number of primary amides is 1. The van der Waals surface area contributed by atoms with Crippen molar-refractivity contribution in [2.75, 3.05) is 34.3 Å². The number of likely N-dealkylation sites (N-methyl/N-ethyl adjacent to an activating group) is 1. The Morgan fingerprint density at radius 1 is 1.10 bits per heavy atom. The molecule has 11 nitrogen and oxygen atoms in total. The van der Waals surface area contributed by atoms with Gasteiger partial charge in [0.15, 0.2) is 34.7 Å². The van der Waals surface area contributed by atoms with Crippen LogP contribution < -0.4 is 10.5 Å². The summed E-state index contributed by atoms with van der Waals surface area (Å²) in [6, 6.07) is 0.394. The molecule has 5 aliphatic rings. The maximum absolute atomic E-state index is 14.0. The maximum Gasteiger partial charge on any atom is 0.235 e. The number of rotatable bonds is 5. The second-order valence-electron chi connectivity index (χ2n) is 13.2. The minimum Gasteiger partial charge on any atom is -0.507 e. The molecule has 0 radical (unpaired) electrons. The van der Waals surface area contributed by atoms with Crippen molar-refractivity contribution in [3.8, 4) is 11.5 Å². The molecule has 8 atom stereocenters. The van der Waals surface area contributed by atoms with Gasteiger partial charge in [0.05, 0.1) is 24.6 Å². The number of phenolic OH excluding ortho intramolecular Hbond substituents is 1. The summed E-state index contributed by atoms with van der Waals surface area (Å²) in [6.45, 7) is 2.51. The van der Waals surface area contributed by atoms with Gasteiger partial charge in [-0.25, -0.2) is 0 Å². The molecule has 0 spiro atoms. The van der Waals surface area contributed by atoms with Crippen molar-refractivity contribution in [3.63, 3.8) is 0 Å². The minimum atomic E-state index is -2.73. The van der Waals surface area contributed by atoms with E-state index in [-0.39, 0.29) is 24.2 Å². The highest BCUT2D eigenvalue weighted by molar-refractivity contribution is 6.32. The number of ether oxygens (including phenoxy) is 1. The lowest BCUT2D eigenvalue weighted by Crippen LogP contribution is -2.74. The summed E-state index contributed by atoms with van der Waals surface area (Å²) < 4.78 is 5.85. The molecule has 3 saturated carbocycles. The number of aliphatic hydroxyl groups is 1. The second kappa shape index (κ2) is 10.2. The van der Waals surface area contributed by atoms with Gasteiger partial charge in [0.25, 0.3) is 0 Å². The summed E-state index contributed by atoms with van der Waals surface area (Å²) in [7, 11) is 4.65. The van der Waals surface area contributed by atoms with Crippen LogP contribution in [0.4, 0.5) is 0 Å². The number of fused-ring (bicyclic) bond motifs is 4. The number of ketones is 4. The van der Waals surface area contributed by atoms with Gasteiger partial charge in [0.1, 0.15) is 11.5 Å². The van der Waals surface area contributed by atoms with E-state index in [1.165, 1.54) is 43.8 Å². The Morgan fingerprint density at radius 2 is 1.74 bits per heavy atom. The fourth-order valence-electron chi connectivity index (χ4n) is 8.96. The Morgan fingerprint density at radius 3 is 2.31 bits per heavy atom. The molecule has 4 N–H and O–H groups in total. The molecule has 1 heterocycles. The van der Waals surface area contributed by atoms with Crippen molar-refractivity contribution >= 4 is 29.0 Å². The van der Waals surface area contributed by atoms with Crippen molar-refractivity contribution in [2.45, 2.75) is 56.7 Å². The number of carbonyl (C=O) groups excluding carboxylic acids is 5. The molecular formula is C31H39N3O8. The smallest absolute Gasteiger partial charge is 0.235 e. The van der Waals surface area contributed by atoms with E-state index in [4.69, 9.17) is 10.5 Å². The average molecular weight is 582 g/mol. The predicted molar refractivity (Wildman–Crippen MR) is 149 cm³/mol. The summed E-state index contributed by atoms with van der Waals surface area (Å²) in [5, 5.41) is 22.9. The molecule has 6 rings (SSSR count). The number of carbonyl (C=O) groups is 5. The first-order valence-corrected chi connectivity index (χ1v) is 14.9. The SMILES string of the molecule is COc1c(CN2CC3CCCCC3C2)cc(O)c2c1C[C@H]1C[C@H]3[C@H](N(C)C)C(=O)C(C(N)=O)C(=O)[C@@]3(O)C(=O)C1C2=O. The third kappa shape index (κ3) is 4.07. The van der Waals surface area contributed by atoms with Crippen molar-refractivity contribution in [1.82, 2.24) is 9.80 Å². The molecule has 4 aliphatic carbocycles. The van der Waals surface area contributed by atoms with Gasteiger partial charge in [0, 0.05) is 36.7 Å². The van der Waals surface area contributed by atoms with Gasteiger partial charge >= 0.3 is 0 Å². The van der Waals surface area contributed by atoms with Crippen LogP contribution in [-0.2, 0) is 32.1 Å². The third-order valence-corrected chi connectivity index (χ3v) is 10.7. The number of phenols is 1. The molecule has 1 aromatic rings. The van der Waals surface area contributed by atoms with E-state index in [9.17, 15) is 34.2 Å². The highest BCUT2D eigenvalue weighted by atomic mass is 16.5. The van der Waals surface area contributed by atoms with E-state index >= 15 is 0 Å². The molecule has 4 unspecified atom stereocenters. The summed E-state index contributed by atoms with van der Waals surface area (Å²) >= 11 is 0. The number of amides is 1. The maximum atomic E-state index is 14.0. The topological polar surface area (TPSA) is 168 Å². The lowest BCUT2D eigenvalue weighted by atomic mass is 9.52. The van der Waals surface area contributed by atoms with Gasteiger partial charge in [0.2, 0.25) is 5.91 Å². The monoisotopic (exact) mass is 581 g/mol. The lowest BCUT2D eigenvalue weighted by Gasteiger charge is -2.52. The molecule has 1 aliphatic heterocycles. The summed E-state index contributed by atoms with van der Waals surface area (Å²) in [4.78, 5) is 70.6. The van der Waals surface area contributed by atoms with E-state index in [1.54, 1.807) is 14.1 Å². The van der Waals surface area contributed by atoms with Crippen molar-refractivity contribution in [3.05, 3.63) is 22.8 Å². The third-order valence-electron chi connectivity index (χ3n) is 10.7. The van der Waals surface area contributed by atoms with Gasteiger partial charge in [-0.05, 0) is 63.6 Å². The van der Waals surface area contributed by atoms with Crippen LogP contribution in [0.25, 0.3) is 0 Å². The van der Waals surface area contributed by atoms with Crippen molar-refractivity contribution in [1.29, 1.82) is 0 Å². The quantitative estimate of drug-likeness (QED) is 0.417. The standard InChI is InChI=1S/C31H39N3O8/c1-33(2)24-19-9-16-8-18-22(25(36)21(16)28(38)31(19,41)29(39)23(26(24)37)30(32)40)20(35)10-17(27(18)42-3)13-34-11-14-6-4-5-7-15(14)12-34/h10,14-16,19,21,23-24,35,41H,4-9,11-13H2,1-3H3,(H2,32,40)/t14?,15?,16-,19-,21?,23?,24-,31-/m0/s1. The normalized spacial score (nSPS) is 36.4. The molecular weight excluding hydrogens is 542 g/mol. The van der Waals surface area contributed by atoms with Crippen molar-refractivity contribution < 1.29 is 38.9 Å². The summed E-state index contributed by atoms with van der Waals surface area (Å²) in [6.07, 6.45) is 5.16. The van der Waals surface area contributed by atoms with E-state index in [1.807, 2.05) is 0 Å². The lowest BCUT2D eigenvalue weighted by molar-refractivity contribution is -0.181. The Kier molecular flexibility index (Phi) is 7.06. The first kappa shape index (κ1) is 28.9. The number of Topliss-reactive ketones (excluding diaryl/α,β-unsaturated/α-hetero) is 4. The molecule has 0 bridgehead atoms. The number of nitrogens with zero attached hydrogens (tertiary/aromatic N) is 2. The van der Waals surface area contributed by atoms with Gasteiger partial charge in [-0.3, -0.25) is 33.8 Å². The molecule has 1 aromatic carbocycles. The van der Waals surface area contributed by atoms with Gasteiger partial charge in [-0.15, -0.1) is 0 Å². The van der Waals surface area contributed by atoms with E-state index in [0.29, 0.717) is 29.7 Å². The molecule has 11 heteroatoms. The average Bonchev–Trinajstić information content (AvgIpc) is 3.32. The first-order valence-electron chi connectivity index (χ1n) is 14.9. The Labute approximate surface area is 244 Å². The van der Waals surface area contributed by atoms with Crippen LogP contribution in [0.2, 0.25) is 0 Å². The van der Waals surface area contributed by atoms with E-state index in [0.717, 1.165) is 18.7 Å². The molecule has 42 heavy (non-hydrogen) atoms. The zero-order valence-corrected chi connectivity index (χ0v) is 24.3. The van der Waals surface area contributed by atoms with Gasteiger partial charge in [-0.2, -0.15) is 0 Å². The molecule has 1 saturated heterocycles. The largest absolute Gasteiger partial charge is 0.507 e. The predicted octanol–water partition coefficient (Wildman–Crippen LogP) is 0.498. The van der Waals surface area contributed by atoms with Crippen LogP contribution in [0, 0.1) is 35.5 Å². The number of likely N-dealkylation sites (tertiary alicyclic amines) is 1. The van der Waals surface area contributed by atoms with Crippen LogP contribution in [0.5, 0.6) is 11.5 Å². The number of nitrogens with two attached hydrogens (primary N) is 1. The van der Waals surface area contributed by atoms with Crippen LogP contribution >= 0.6 is 0 Å². The number of methoxy groups -OCH3 is 1. The highest BCUT2D eigenvalue weighted by Gasteiger charge is 2.69. The second-order valence-corrected chi connectivity index (χ2v) is 13.2. The molecule has 0 aromatic heterocycles. The Balaban J connectivity index is 1.38. The summed E-state index contributed by atoms with van der Waals surface area (Å²) in [5.41, 5.74) is 3.86. The van der Waals surface area contributed by atoms with E-state index < -0.39 is 64.4 Å². The van der Waals surface area contributed by atoms with Crippen molar-refractivity contribution in [2.24, 2.45) is 41.2 Å². The molecule has 226 valence electrons. The molecule has 4 fully saturated rings. The first-order chi connectivity index (χ1) is 19.9. The fraction of sp³-hybridized carbons (Fsp3) is 0.645. The number of hydrogen-bond donors (Lipinski definition) is 3.